The third kappa shape index (κ3) is 5.95. The molecule has 1 unspecified atom stereocenters. The molecule has 21 heavy (non-hydrogen) atoms. The van der Waals surface area contributed by atoms with E-state index < -0.39 is 0 Å². The minimum atomic E-state index is -0.109. The first-order valence-electron chi connectivity index (χ1n) is 7.24. The molecule has 0 saturated heterocycles. The van der Waals surface area contributed by atoms with Crippen molar-refractivity contribution in [3.8, 4) is 0 Å². The minimum absolute atomic E-state index is 0.109. The molecule has 0 aromatic heterocycles. The number of carbonyl (C=O) groups is 2. The lowest BCUT2D eigenvalue weighted by molar-refractivity contribution is -0.130. The van der Waals surface area contributed by atoms with Crippen LogP contribution in [0.25, 0.3) is 0 Å². The number of nitrogens with zero attached hydrogens (tertiary/aromatic N) is 1. The van der Waals surface area contributed by atoms with Crippen LogP contribution < -0.4 is 11.1 Å². The number of hydrogen-bond acceptors (Lipinski definition) is 3. The average Bonchev–Trinajstić information content (AvgIpc) is 2.46. The van der Waals surface area contributed by atoms with E-state index in [4.69, 9.17) is 5.73 Å². The van der Waals surface area contributed by atoms with Crippen LogP contribution in [0.3, 0.4) is 0 Å². The van der Waals surface area contributed by atoms with Crippen LogP contribution in [0, 0.1) is 0 Å². The van der Waals surface area contributed by atoms with Crippen LogP contribution >= 0.6 is 0 Å². The van der Waals surface area contributed by atoms with Crippen molar-refractivity contribution >= 4 is 11.8 Å². The molecule has 5 heteroatoms. The molecule has 0 saturated carbocycles. The first kappa shape index (κ1) is 17.2. The Labute approximate surface area is 126 Å². The quantitative estimate of drug-likeness (QED) is 0.800. The van der Waals surface area contributed by atoms with E-state index in [0.717, 1.165) is 18.4 Å². The zero-order valence-electron chi connectivity index (χ0n) is 13.1. The molecule has 0 heterocycles. The van der Waals surface area contributed by atoms with Gasteiger partial charge in [-0.25, -0.2) is 0 Å². The highest BCUT2D eigenvalue weighted by Gasteiger charge is 2.10. The predicted octanol–water partition coefficient (Wildman–Crippen LogP) is 1.52. The predicted molar refractivity (Wildman–Crippen MR) is 83.8 cm³/mol. The lowest BCUT2D eigenvalue weighted by Gasteiger charge is -2.17. The second kappa shape index (κ2) is 8.42. The monoisotopic (exact) mass is 291 g/mol. The van der Waals surface area contributed by atoms with Crippen molar-refractivity contribution in [2.24, 2.45) is 5.73 Å². The number of rotatable bonds is 7. The summed E-state index contributed by atoms with van der Waals surface area (Å²) < 4.78 is 0. The number of benzene rings is 1. The zero-order chi connectivity index (χ0) is 15.8. The fourth-order valence-corrected chi connectivity index (χ4v) is 2.03. The zero-order valence-corrected chi connectivity index (χ0v) is 13.1. The van der Waals surface area contributed by atoms with Crippen molar-refractivity contribution in [3.05, 3.63) is 35.4 Å². The third-order valence-electron chi connectivity index (χ3n) is 3.34. The Morgan fingerprint density at radius 1 is 1.29 bits per heavy atom. The average molecular weight is 291 g/mol. The van der Waals surface area contributed by atoms with Gasteiger partial charge in [-0.15, -0.1) is 0 Å². The van der Waals surface area contributed by atoms with Gasteiger partial charge in [-0.3, -0.25) is 9.59 Å². The van der Waals surface area contributed by atoms with Gasteiger partial charge in [-0.05, 0) is 37.5 Å². The van der Waals surface area contributed by atoms with Gasteiger partial charge in [0.25, 0.3) is 5.91 Å². The van der Waals surface area contributed by atoms with Crippen molar-refractivity contribution in [2.45, 2.75) is 38.8 Å². The van der Waals surface area contributed by atoms with Gasteiger partial charge in [0.05, 0.1) is 0 Å². The number of nitrogens with one attached hydrogen (secondary N) is 1. The van der Waals surface area contributed by atoms with E-state index >= 15 is 0 Å². The molecule has 116 valence electrons. The van der Waals surface area contributed by atoms with Crippen LogP contribution in [-0.4, -0.2) is 36.9 Å². The number of carbonyl (C=O) groups excluding carboxylic acids is 2. The summed E-state index contributed by atoms with van der Waals surface area (Å²) >= 11 is 0. The van der Waals surface area contributed by atoms with Crippen LogP contribution in [0.1, 0.15) is 42.1 Å². The van der Waals surface area contributed by atoms with Crippen molar-refractivity contribution < 1.29 is 9.59 Å². The fraction of sp³-hybridized carbons (Fsp3) is 0.500. The first-order valence-corrected chi connectivity index (χ1v) is 7.24. The number of amides is 2. The van der Waals surface area contributed by atoms with Crippen LogP contribution in [-0.2, 0) is 11.3 Å². The molecule has 1 aromatic carbocycles. The van der Waals surface area contributed by atoms with Crippen LogP contribution in [0.15, 0.2) is 24.3 Å². The highest BCUT2D eigenvalue weighted by Crippen LogP contribution is 2.09. The Bertz CT molecular complexity index is 469. The topological polar surface area (TPSA) is 75.4 Å². The van der Waals surface area contributed by atoms with Crippen molar-refractivity contribution in [1.82, 2.24) is 10.2 Å². The van der Waals surface area contributed by atoms with Gasteiger partial charge >= 0.3 is 0 Å². The summed E-state index contributed by atoms with van der Waals surface area (Å²) in [4.78, 5) is 25.1. The van der Waals surface area contributed by atoms with E-state index in [1.165, 1.54) is 0 Å². The molecule has 0 aliphatic rings. The highest BCUT2D eigenvalue weighted by atomic mass is 16.2. The summed E-state index contributed by atoms with van der Waals surface area (Å²) in [5.41, 5.74) is 7.29. The molecule has 3 N–H and O–H groups in total. The molecule has 0 aliphatic heterocycles. The van der Waals surface area contributed by atoms with E-state index in [1.54, 1.807) is 31.1 Å². The molecular weight excluding hydrogens is 266 g/mol. The largest absolute Gasteiger partial charge is 0.355 e. The summed E-state index contributed by atoms with van der Waals surface area (Å²) in [5, 5.41) is 2.58. The third-order valence-corrected chi connectivity index (χ3v) is 3.34. The standard InChI is InChI=1S/C16H25N3O2/c1-12(17)5-4-6-15(20)19(3)11-13-7-9-14(10-8-13)16(21)18-2/h7-10,12H,4-6,11,17H2,1-3H3,(H,18,21). The second-order valence-electron chi connectivity index (χ2n) is 5.40. The Morgan fingerprint density at radius 3 is 2.43 bits per heavy atom. The Balaban J connectivity index is 2.48. The van der Waals surface area contributed by atoms with E-state index in [0.29, 0.717) is 18.5 Å². The molecule has 0 bridgehead atoms. The summed E-state index contributed by atoms with van der Waals surface area (Å²) in [6.07, 6.45) is 2.20. The van der Waals surface area contributed by atoms with Gasteiger partial charge < -0.3 is 16.0 Å². The number of nitrogens with two attached hydrogens (primary N) is 1. The van der Waals surface area contributed by atoms with Crippen LogP contribution in [0.5, 0.6) is 0 Å². The van der Waals surface area contributed by atoms with Crippen LogP contribution in [0.2, 0.25) is 0 Å². The maximum absolute atomic E-state index is 12.0. The maximum Gasteiger partial charge on any atom is 0.251 e. The molecule has 5 nitrogen and oxygen atoms in total. The Kier molecular flexibility index (Phi) is 6.88. The lowest BCUT2D eigenvalue weighted by atomic mass is 10.1. The van der Waals surface area contributed by atoms with Gasteiger partial charge in [0.1, 0.15) is 0 Å². The first-order chi connectivity index (χ1) is 9.93. The van der Waals surface area contributed by atoms with E-state index in [2.05, 4.69) is 5.32 Å². The molecule has 0 aliphatic carbocycles. The Morgan fingerprint density at radius 2 is 1.90 bits per heavy atom. The van der Waals surface area contributed by atoms with Gasteiger partial charge in [0, 0.05) is 38.7 Å². The fourth-order valence-electron chi connectivity index (χ4n) is 2.03. The van der Waals surface area contributed by atoms with E-state index in [1.807, 2.05) is 19.1 Å². The van der Waals surface area contributed by atoms with Gasteiger partial charge in [0.2, 0.25) is 5.91 Å². The highest BCUT2D eigenvalue weighted by molar-refractivity contribution is 5.93. The maximum atomic E-state index is 12.0. The molecular formula is C16H25N3O2. The van der Waals surface area contributed by atoms with Crippen molar-refractivity contribution in [1.29, 1.82) is 0 Å². The lowest BCUT2D eigenvalue weighted by Crippen LogP contribution is -2.26. The molecule has 0 fully saturated rings. The molecule has 0 spiro atoms. The van der Waals surface area contributed by atoms with Gasteiger partial charge in [-0.1, -0.05) is 12.1 Å². The molecule has 2 amide bonds. The van der Waals surface area contributed by atoms with Gasteiger partial charge in [-0.2, -0.15) is 0 Å². The van der Waals surface area contributed by atoms with E-state index in [-0.39, 0.29) is 17.9 Å². The summed E-state index contributed by atoms with van der Waals surface area (Å²) in [6.45, 7) is 2.49. The van der Waals surface area contributed by atoms with Crippen molar-refractivity contribution in [3.63, 3.8) is 0 Å². The summed E-state index contributed by atoms with van der Waals surface area (Å²) in [7, 11) is 3.39. The smallest absolute Gasteiger partial charge is 0.251 e. The molecule has 1 rings (SSSR count). The van der Waals surface area contributed by atoms with E-state index in [9.17, 15) is 9.59 Å². The van der Waals surface area contributed by atoms with Crippen LogP contribution in [0.4, 0.5) is 0 Å². The molecule has 1 aromatic rings. The van der Waals surface area contributed by atoms with Gasteiger partial charge in [0.15, 0.2) is 0 Å². The SMILES string of the molecule is CNC(=O)c1ccc(CN(C)C(=O)CCCC(C)N)cc1. The number of hydrogen-bond donors (Lipinski definition) is 2. The molecule has 0 radical (unpaired) electrons. The summed E-state index contributed by atoms with van der Waals surface area (Å²) in [6, 6.07) is 7.41. The van der Waals surface area contributed by atoms with Crippen molar-refractivity contribution in [2.75, 3.05) is 14.1 Å². The molecule has 1 atom stereocenters. The summed E-state index contributed by atoms with van der Waals surface area (Å²) in [5.74, 6) is 0.00733. The second-order valence-corrected chi connectivity index (χ2v) is 5.40. The Hall–Kier alpha value is -1.88. The minimum Gasteiger partial charge on any atom is -0.355 e. The normalized spacial score (nSPS) is 11.8.